The normalized spacial score (nSPS) is 36.0. The Hall–Kier alpha value is -2.78. The zero-order chi connectivity index (χ0) is 33.6. The Morgan fingerprint density at radius 1 is 1.02 bits per heavy atom. The maximum Gasteiger partial charge on any atom is 0.229 e. The number of allylic oxidation sites excluding steroid dienone is 6. The zero-order valence-electron chi connectivity index (χ0n) is 26.5. The molecule has 1 saturated carbocycles. The van der Waals surface area contributed by atoms with Gasteiger partial charge in [-0.3, -0.25) is 9.59 Å². The van der Waals surface area contributed by atoms with Crippen LogP contribution in [0.5, 0.6) is 5.75 Å². The molecule has 0 amide bonds. The fraction of sp³-hybridized carbons (Fsp3) is 0.543. The van der Waals surface area contributed by atoms with Crippen LogP contribution < -0.4 is 15.4 Å². The van der Waals surface area contributed by atoms with Crippen LogP contribution in [0.3, 0.4) is 0 Å². The van der Waals surface area contributed by atoms with Gasteiger partial charge in [-0.2, -0.15) is 0 Å². The minimum atomic E-state index is -2.15. The van der Waals surface area contributed by atoms with Gasteiger partial charge in [-0.05, 0) is 61.0 Å². The molecule has 1 spiro atoms. The highest BCUT2D eigenvalue weighted by Gasteiger charge is 2.59. The van der Waals surface area contributed by atoms with Gasteiger partial charge >= 0.3 is 0 Å². The van der Waals surface area contributed by atoms with Crippen LogP contribution in [-0.2, 0) is 4.74 Å². The van der Waals surface area contributed by atoms with Crippen LogP contribution in [0.4, 0.5) is 0 Å². The summed E-state index contributed by atoms with van der Waals surface area (Å²) in [4.78, 5) is 29.3. The van der Waals surface area contributed by atoms with Crippen molar-refractivity contribution in [1.82, 2.24) is 10.6 Å². The number of aliphatic hydroxyl groups is 5. The van der Waals surface area contributed by atoms with Gasteiger partial charge in [0.1, 0.15) is 40.8 Å². The van der Waals surface area contributed by atoms with E-state index in [1.165, 1.54) is 27.7 Å². The highest BCUT2D eigenvalue weighted by Crippen LogP contribution is 2.54. The van der Waals surface area contributed by atoms with Crippen LogP contribution in [-0.4, -0.2) is 92.1 Å². The number of ketones is 2. The molecule has 1 saturated heterocycles. The molecule has 3 aliphatic carbocycles. The molecule has 3 aliphatic heterocycles. The van der Waals surface area contributed by atoms with E-state index in [4.69, 9.17) is 9.47 Å². The molecule has 7 N–H and O–H groups in total. The van der Waals surface area contributed by atoms with E-state index in [2.05, 4.69) is 10.6 Å². The monoisotopic (exact) mass is 698 g/mol. The molecule has 13 heteroatoms. The minimum Gasteiger partial charge on any atom is -0.511 e. The van der Waals surface area contributed by atoms with Crippen LogP contribution in [0, 0.1) is 17.3 Å². The molecule has 0 aromatic heterocycles. The van der Waals surface area contributed by atoms with E-state index >= 15 is 0 Å². The highest BCUT2D eigenvalue weighted by atomic mass is 33.1. The van der Waals surface area contributed by atoms with Gasteiger partial charge in [-0.25, -0.2) is 0 Å². The van der Waals surface area contributed by atoms with E-state index in [0.29, 0.717) is 18.8 Å². The number of ether oxygens (including phenoxy) is 2. The average Bonchev–Trinajstić information content (AvgIpc) is 3.10. The van der Waals surface area contributed by atoms with Gasteiger partial charge in [0.05, 0.1) is 29.8 Å². The first-order valence-electron chi connectivity index (χ1n) is 16.7. The Morgan fingerprint density at radius 3 is 2.62 bits per heavy atom. The smallest absolute Gasteiger partial charge is 0.229 e. The highest BCUT2D eigenvalue weighted by molar-refractivity contribution is 8.76. The Bertz CT molecular complexity index is 1590. The number of dihydropyridines is 1. The van der Waals surface area contributed by atoms with Crippen molar-refractivity contribution in [2.45, 2.75) is 75.1 Å². The SMILES string of the molecule is O=C1c2cccc3c2C(=O)[C@]2(CSSCNC4=CC(=CCN4)CC[C@]4(O)[C@H](O)[C@@H](CO)O[C@@H](O3)[C@@H]4O)C(O)=CC(C3CCCCC3)=C[C@H]12. The van der Waals surface area contributed by atoms with E-state index in [0.717, 1.165) is 49.1 Å². The van der Waals surface area contributed by atoms with Crippen LogP contribution >= 0.6 is 21.6 Å². The largest absolute Gasteiger partial charge is 0.511 e. The van der Waals surface area contributed by atoms with Crippen molar-refractivity contribution in [3.8, 4) is 5.75 Å². The molecule has 6 bridgehead atoms. The summed E-state index contributed by atoms with van der Waals surface area (Å²) in [5.74, 6) is -0.427. The number of Topliss-reactive ketones (excluding diaryl/α,β-unsaturated/α-hetero) is 2. The average molecular weight is 699 g/mol. The van der Waals surface area contributed by atoms with Gasteiger partial charge < -0.3 is 45.6 Å². The molecular weight excluding hydrogens is 657 g/mol. The molecule has 0 unspecified atom stereocenters. The number of fused-ring (bicyclic) bond motifs is 3. The molecule has 3 heterocycles. The second-order valence-corrected chi connectivity index (χ2v) is 16.0. The van der Waals surface area contributed by atoms with Crippen LogP contribution in [0.1, 0.15) is 65.7 Å². The van der Waals surface area contributed by atoms with E-state index in [1.807, 2.05) is 18.2 Å². The molecule has 258 valence electrons. The van der Waals surface area contributed by atoms with Crippen molar-refractivity contribution in [3.05, 3.63) is 76.4 Å². The number of carbonyl (C=O) groups is 2. The number of benzene rings is 1. The van der Waals surface area contributed by atoms with Crippen molar-refractivity contribution in [3.63, 3.8) is 0 Å². The van der Waals surface area contributed by atoms with E-state index < -0.39 is 53.9 Å². The van der Waals surface area contributed by atoms with Crippen molar-refractivity contribution in [2.75, 3.05) is 24.8 Å². The fourth-order valence-electron chi connectivity index (χ4n) is 7.98. The summed E-state index contributed by atoms with van der Waals surface area (Å²) in [7, 11) is 2.86. The molecule has 1 aromatic rings. The van der Waals surface area contributed by atoms with Crippen molar-refractivity contribution in [2.24, 2.45) is 17.3 Å². The molecule has 2 fully saturated rings. The number of aliphatic hydroxyl groups excluding tert-OH is 4. The Labute approximate surface area is 286 Å². The lowest BCUT2D eigenvalue weighted by Gasteiger charge is -2.48. The third-order valence-electron chi connectivity index (χ3n) is 10.8. The number of nitrogens with one attached hydrogen (secondary N) is 2. The summed E-state index contributed by atoms with van der Waals surface area (Å²) in [6.07, 6.45) is 6.51. The molecule has 7 rings (SSSR count). The van der Waals surface area contributed by atoms with Crippen LogP contribution in [0.15, 0.2) is 65.2 Å². The number of hydrogen-bond donors (Lipinski definition) is 7. The number of rotatable bonds is 2. The topological polar surface area (TPSA) is 178 Å². The lowest BCUT2D eigenvalue weighted by molar-refractivity contribution is -0.315. The van der Waals surface area contributed by atoms with E-state index in [1.54, 1.807) is 18.2 Å². The number of carbonyl (C=O) groups excluding carboxylic acids is 2. The number of hydrogen-bond acceptors (Lipinski definition) is 13. The lowest BCUT2D eigenvalue weighted by atomic mass is 9.59. The Kier molecular flexibility index (Phi) is 9.48. The van der Waals surface area contributed by atoms with Crippen molar-refractivity contribution >= 4 is 33.2 Å². The maximum atomic E-state index is 14.9. The lowest BCUT2D eigenvalue weighted by Crippen LogP contribution is -2.68. The first kappa shape index (κ1) is 33.7. The van der Waals surface area contributed by atoms with Gasteiger partial charge in [0.25, 0.3) is 0 Å². The molecule has 7 atom stereocenters. The second-order valence-electron chi connectivity index (χ2n) is 13.5. The van der Waals surface area contributed by atoms with Crippen molar-refractivity contribution in [1.29, 1.82) is 0 Å². The first-order chi connectivity index (χ1) is 23.2. The summed E-state index contributed by atoms with van der Waals surface area (Å²) in [5.41, 5.74) is -1.88. The van der Waals surface area contributed by atoms with E-state index in [-0.39, 0.29) is 46.5 Å². The predicted molar refractivity (Wildman–Crippen MR) is 181 cm³/mol. The Morgan fingerprint density at radius 2 is 1.83 bits per heavy atom. The molecule has 6 aliphatic rings. The molecular formula is C35H42N2O9S2. The maximum absolute atomic E-state index is 14.9. The zero-order valence-corrected chi connectivity index (χ0v) is 28.1. The van der Waals surface area contributed by atoms with Gasteiger partial charge in [0, 0.05) is 17.9 Å². The van der Waals surface area contributed by atoms with Crippen LogP contribution in [0.2, 0.25) is 0 Å². The molecule has 1 aromatic carbocycles. The Balaban J connectivity index is 1.32. The van der Waals surface area contributed by atoms with Crippen LogP contribution in [0.25, 0.3) is 0 Å². The van der Waals surface area contributed by atoms with Crippen molar-refractivity contribution < 1.29 is 44.6 Å². The van der Waals surface area contributed by atoms with E-state index in [9.17, 15) is 35.1 Å². The third-order valence-corrected chi connectivity index (χ3v) is 13.0. The summed E-state index contributed by atoms with van der Waals surface area (Å²) in [6.45, 7) is -0.145. The minimum absolute atomic E-state index is 0.0434. The fourth-order valence-corrected chi connectivity index (χ4v) is 10.2. The summed E-state index contributed by atoms with van der Waals surface area (Å²) in [6, 6.07) is 4.62. The van der Waals surface area contributed by atoms with Gasteiger partial charge in [-0.15, -0.1) is 0 Å². The quantitative estimate of drug-likeness (QED) is 0.224. The van der Waals surface area contributed by atoms with Gasteiger partial charge in [0.15, 0.2) is 11.6 Å². The standard InChI is InChI=1S/C35H42N2O9S2/c38-16-25-30(41)35(44)11-9-19-10-12-36-27(13-19)37-18-48-47-17-34-23(14-21(15-26(34)39)20-5-2-1-3-6-20)29(40)22-7-4-8-24(28(22)31(34)42)45-33(46-25)32(35)43/h4,7-8,10,13-15,20,23,25,30,32-33,36-39,41,43-44H,1-3,5-6,9,11-12,16-18H2/t23-,25-,30-,32+,33-,34+,35+/m1/s1. The summed E-state index contributed by atoms with van der Waals surface area (Å²) in [5, 5.41) is 62.9. The van der Waals surface area contributed by atoms with Gasteiger partial charge in [0.2, 0.25) is 6.29 Å². The summed E-state index contributed by atoms with van der Waals surface area (Å²) >= 11 is 0. The predicted octanol–water partition coefficient (Wildman–Crippen LogP) is 3.27. The summed E-state index contributed by atoms with van der Waals surface area (Å²) < 4.78 is 11.9. The third kappa shape index (κ3) is 5.70. The second kappa shape index (κ2) is 13.5. The van der Waals surface area contributed by atoms with Gasteiger partial charge in [-0.1, -0.05) is 65.1 Å². The first-order valence-corrected chi connectivity index (χ1v) is 19.2. The molecule has 48 heavy (non-hydrogen) atoms. The molecule has 11 nitrogen and oxygen atoms in total. The molecule has 0 radical (unpaired) electrons.